The van der Waals surface area contributed by atoms with Crippen LogP contribution in [0.25, 0.3) is 0 Å². The summed E-state index contributed by atoms with van der Waals surface area (Å²) in [6, 6.07) is 0. The molecule has 1 aromatic rings. The van der Waals surface area contributed by atoms with Gasteiger partial charge < -0.3 is 11.5 Å². The Morgan fingerprint density at radius 3 is 2.80 bits per heavy atom. The molecule has 7 heteroatoms. The normalized spacial score (nSPS) is 12.6. The molecule has 0 bridgehead atoms. The summed E-state index contributed by atoms with van der Waals surface area (Å²) in [5.41, 5.74) is 10.7. The highest BCUT2D eigenvalue weighted by atomic mass is 32.2. The van der Waals surface area contributed by atoms with E-state index in [1.165, 1.54) is 23.1 Å². The summed E-state index contributed by atoms with van der Waals surface area (Å²) in [5.74, 6) is -0.303. The van der Waals surface area contributed by atoms with Crippen molar-refractivity contribution in [3.05, 3.63) is 0 Å². The van der Waals surface area contributed by atoms with Crippen molar-refractivity contribution in [2.75, 3.05) is 5.73 Å². The molecule has 0 aliphatic heterocycles. The lowest BCUT2D eigenvalue weighted by molar-refractivity contribution is -0.117. The number of nitrogens with two attached hydrogens (primary N) is 2. The predicted molar refractivity (Wildman–Crippen MR) is 62.7 cm³/mol. The van der Waals surface area contributed by atoms with Gasteiger partial charge >= 0.3 is 0 Å². The smallest absolute Gasteiger partial charge is 0.230 e. The van der Waals surface area contributed by atoms with E-state index in [0.717, 1.165) is 19.3 Å². The molecule has 0 spiro atoms. The van der Waals surface area contributed by atoms with E-state index in [1.807, 2.05) is 0 Å². The highest BCUT2D eigenvalue weighted by molar-refractivity contribution is 8.02. The van der Waals surface area contributed by atoms with Crippen LogP contribution < -0.4 is 11.5 Å². The molecule has 1 unspecified atom stereocenters. The van der Waals surface area contributed by atoms with Crippen LogP contribution in [0, 0.1) is 0 Å². The molecule has 0 fully saturated rings. The monoisotopic (exact) mass is 246 g/mol. The van der Waals surface area contributed by atoms with Crippen LogP contribution in [0.5, 0.6) is 0 Å². The Morgan fingerprint density at radius 2 is 2.33 bits per heavy atom. The minimum absolute atomic E-state index is 0.225. The molecule has 1 heterocycles. The van der Waals surface area contributed by atoms with Crippen molar-refractivity contribution in [1.82, 2.24) is 10.2 Å². The molecule has 4 N–H and O–H groups in total. The number of carbonyl (C=O) groups excluding carboxylic acids is 1. The number of nitrogens with zero attached hydrogens (tertiary/aromatic N) is 2. The Labute approximate surface area is 96.6 Å². The van der Waals surface area contributed by atoms with Crippen LogP contribution in [0.1, 0.15) is 26.2 Å². The first-order valence-electron chi connectivity index (χ1n) is 4.68. The number of hydrogen-bond donors (Lipinski definition) is 2. The second-order valence-electron chi connectivity index (χ2n) is 3.06. The van der Waals surface area contributed by atoms with Gasteiger partial charge in [-0.1, -0.05) is 42.9 Å². The zero-order chi connectivity index (χ0) is 11.3. The molecule has 0 saturated heterocycles. The van der Waals surface area contributed by atoms with Crippen LogP contribution in [0.3, 0.4) is 0 Å². The van der Waals surface area contributed by atoms with Gasteiger partial charge in [0.05, 0.1) is 5.25 Å². The first-order valence-corrected chi connectivity index (χ1v) is 6.38. The number of anilines is 1. The van der Waals surface area contributed by atoms with Gasteiger partial charge in [-0.05, 0) is 6.42 Å². The molecule has 1 rings (SSSR count). The van der Waals surface area contributed by atoms with E-state index in [9.17, 15) is 4.79 Å². The van der Waals surface area contributed by atoms with Crippen molar-refractivity contribution in [2.45, 2.75) is 35.8 Å². The number of carbonyl (C=O) groups is 1. The summed E-state index contributed by atoms with van der Waals surface area (Å²) in [5, 5.41) is 7.72. The largest absolute Gasteiger partial charge is 0.374 e. The number of rotatable bonds is 6. The van der Waals surface area contributed by atoms with Crippen LogP contribution in [0.2, 0.25) is 0 Å². The summed E-state index contributed by atoms with van der Waals surface area (Å²) in [4.78, 5) is 11.1. The lowest BCUT2D eigenvalue weighted by Gasteiger charge is -2.09. The molecule has 0 aromatic carbocycles. The van der Waals surface area contributed by atoms with Gasteiger partial charge in [0.1, 0.15) is 0 Å². The Hall–Kier alpha value is -0.820. The van der Waals surface area contributed by atoms with Crippen LogP contribution in [-0.4, -0.2) is 21.4 Å². The third kappa shape index (κ3) is 4.05. The number of aromatic nitrogens is 2. The number of unbranched alkanes of at least 4 members (excludes halogenated alkanes) is 1. The van der Waals surface area contributed by atoms with Gasteiger partial charge in [0.25, 0.3) is 0 Å². The summed E-state index contributed by atoms with van der Waals surface area (Å²) >= 11 is 2.63. The number of nitrogen functional groups attached to an aromatic ring is 1. The Morgan fingerprint density at radius 1 is 1.60 bits per heavy atom. The Balaban J connectivity index is 2.54. The van der Waals surface area contributed by atoms with E-state index in [4.69, 9.17) is 11.5 Å². The fourth-order valence-electron chi connectivity index (χ4n) is 1.04. The van der Waals surface area contributed by atoms with Crippen molar-refractivity contribution >= 4 is 34.1 Å². The maximum Gasteiger partial charge on any atom is 0.230 e. The van der Waals surface area contributed by atoms with Gasteiger partial charge in [-0.2, -0.15) is 0 Å². The SMILES string of the molecule is CCCCC(Sc1nnc(N)s1)C(N)=O. The summed E-state index contributed by atoms with van der Waals surface area (Å²) in [6.07, 6.45) is 2.80. The quantitative estimate of drug-likeness (QED) is 0.737. The van der Waals surface area contributed by atoms with E-state index in [1.54, 1.807) is 0 Å². The van der Waals surface area contributed by atoms with Gasteiger partial charge in [-0.15, -0.1) is 10.2 Å². The molecule has 1 amide bonds. The highest BCUT2D eigenvalue weighted by Crippen LogP contribution is 2.29. The summed E-state index contributed by atoms with van der Waals surface area (Å²) in [7, 11) is 0. The summed E-state index contributed by atoms with van der Waals surface area (Å²) < 4.78 is 0.701. The van der Waals surface area contributed by atoms with E-state index in [-0.39, 0.29) is 11.2 Å². The van der Waals surface area contributed by atoms with E-state index in [0.29, 0.717) is 9.47 Å². The number of primary amides is 1. The number of hydrogen-bond acceptors (Lipinski definition) is 6. The van der Waals surface area contributed by atoms with Crippen molar-refractivity contribution in [3.8, 4) is 0 Å². The molecule has 0 aliphatic carbocycles. The minimum atomic E-state index is -0.303. The molecule has 84 valence electrons. The molecular weight excluding hydrogens is 232 g/mol. The standard InChI is InChI=1S/C8H14N4OS2/c1-2-3-4-5(6(9)13)14-8-12-11-7(10)15-8/h5H,2-4H2,1H3,(H2,9,13)(H2,10,11). The Bertz CT molecular complexity index is 328. The van der Waals surface area contributed by atoms with Gasteiger partial charge in [-0.3, -0.25) is 4.79 Å². The van der Waals surface area contributed by atoms with Gasteiger partial charge in [0.15, 0.2) is 4.34 Å². The molecule has 0 radical (unpaired) electrons. The molecule has 5 nitrogen and oxygen atoms in total. The Kier molecular flexibility index (Phi) is 4.83. The first-order chi connectivity index (χ1) is 7.13. The predicted octanol–water partition coefficient (Wildman–Crippen LogP) is 1.26. The second kappa shape index (κ2) is 5.92. The first kappa shape index (κ1) is 12.3. The maximum atomic E-state index is 11.1. The van der Waals surface area contributed by atoms with Crippen LogP contribution in [-0.2, 0) is 4.79 Å². The lowest BCUT2D eigenvalue weighted by atomic mass is 10.2. The van der Waals surface area contributed by atoms with Crippen LogP contribution >= 0.6 is 23.1 Å². The molecular formula is C8H14N4OS2. The third-order valence-electron chi connectivity index (χ3n) is 1.80. The fraction of sp³-hybridized carbons (Fsp3) is 0.625. The average Bonchev–Trinajstić information content (AvgIpc) is 2.58. The van der Waals surface area contributed by atoms with Crippen molar-refractivity contribution < 1.29 is 4.79 Å². The van der Waals surface area contributed by atoms with Crippen molar-refractivity contribution in [2.24, 2.45) is 5.73 Å². The fourth-order valence-corrected chi connectivity index (χ4v) is 2.91. The second-order valence-corrected chi connectivity index (χ2v) is 5.52. The van der Waals surface area contributed by atoms with E-state index in [2.05, 4.69) is 17.1 Å². The number of thioether (sulfide) groups is 1. The highest BCUT2D eigenvalue weighted by Gasteiger charge is 2.18. The zero-order valence-electron chi connectivity index (χ0n) is 8.47. The van der Waals surface area contributed by atoms with E-state index >= 15 is 0 Å². The van der Waals surface area contributed by atoms with Crippen LogP contribution in [0.4, 0.5) is 5.13 Å². The topological polar surface area (TPSA) is 94.9 Å². The average molecular weight is 246 g/mol. The van der Waals surface area contributed by atoms with Gasteiger partial charge in [0.2, 0.25) is 11.0 Å². The van der Waals surface area contributed by atoms with Gasteiger partial charge in [-0.25, -0.2) is 0 Å². The zero-order valence-corrected chi connectivity index (χ0v) is 10.1. The minimum Gasteiger partial charge on any atom is -0.374 e. The number of amides is 1. The molecule has 0 aliphatic rings. The maximum absolute atomic E-state index is 11.1. The summed E-state index contributed by atoms with van der Waals surface area (Å²) in [6.45, 7) is 2.08. The van der Waals surface area contributed by atoms with Crippen molar-refractivity contribution in [3.63, 3.8) is 0 Å². The van der Waals surface area contributed by atoms with Crippen LogP contribution in [0.15, 0.2) is 4.34 Å². The molecule has 1 atom stereocenters. The lowest BCUT2D eigenvalue weighted by Crippen LogP contribution is -2.25. The molecule has 1 aromatic heterocycles. The van der Waals surface area contributed by atoms with E-state index < -0.39 is 0 Å². The van der Waals surface area contributed by atoms with Gasteiger partial charge in [0, 0.05) is 0 Å². The molecule has 15 heavy (non-hydrogen) atoms. The van der Waals surface area contributed by atoms with Crippen molar-refractivity contribution in [1.29, 1.82) is 0 Å². The third-order valence-corrected chi connectivity index (χ3v) is 3.92. The molecule has 0 saturated carbocycles.